The van der Waals surface area contributed by atoms with Crippen molar-refractivity contribution >= 4 is 0 Å². The minimum absolute atomic E-state index is 0.665. The quantitative estimate of drug-likeness (QED) is 0.372. The molecule has 1 saturated carbocycles. The number of hydrogen-bond donors (Lipinski definition) is 0. The zero-order valence-electron chi connectivity index (χ0n) is 7.67. The molecule has 0 aromatic rings. The Morgan fingerprint density at radius 3 is 1.75 bits per heavy atom. The van der Waals surface area contributed by atoms with Crippen LogP contribution >= 0.6 is 0 Å². The lowest BCUT2D eigenvalue weighted by molar-refractivity contribution is -0.505. The molecule has 0 aromatic heterocycles. The molecule has 4 nitrogen and oxygen atoms in total. The van der Waals surface area contributed by atoms with Gasteiger partial charge in [-0.05, 0) is 12.8 Å². The number of hydrogen-bond acceptors (Lipinski definition) is 4. The maximum Gasteiger partial charge on any atom is 0.233 e. The van der Waals surface area contributed by atoms with E-state index >= 15 is 0 Å². The predicted octanol–water partition coefficient (Wildman–Crippen LogP) is 1.80. The third-order valence-electron chi connectivity index (χ3n) is 2.09. The van der Waals surface area contributed by atoms with Crippen molar-refractivity contribution in [3.05, 3.63) is 0 Å². The highest BCUT2D eigenvalue weighted by Crippen LogP contribution is 2.32. The van der Waals surface area contributed by atoms with Crippen molar-refractivity contribution in [3.63, 3.8) is 0 Å². The molecule has 72 valence electrons. The van der Waals surface area contributed by atoms with Crippen molar-refractivity contribution in [1.29, 1.82) is 0 Å². The highest BCUT2D eigenvalue weighted by atomic mass is 17.3. The van der Waals surface area contributed by atoms with Crippen molar-refractivity contribution in [2.45, 2.75) is 37.9 Å². The Balaban J connectivity index is 2.44. The van der Waals surface area contributed by atoms with E-state index in [2.05, 4.69) is 9.78 Å². The molecule has 0 spiro atoms. The summed E-state index contributed by atoms with van der Waals surface area (Å²) in [7, 11) is 2.96. The van der Waals surface area contributed by atoms with Crippen molar-refractivity contribution in [2.75, 3.05) is 14.2 Å². The monoisotopic (exact) mass is 176 g/mol. The summed E-state index contributed by atoms with van der Waals surface area (Å²) in [6.45, 7) is 0. The van der Waals surface area contributed by atoms with E-state index in [0.717, 1.165) is 25.7 Å². The summed E-state index contributed by atoms with van der Waals surface area (Å²) in [5.41, 5.74) is 0. The van der Waals surface area contributed by atoms with Crippen LogP contribution in [0.1, 0.15) is 32.1 Å². The predicted molar refractivity (Wildman–Crippen MR) is 42.0 cm³/mol. The summed E-state index contributed by atoms with van der Waals surface area (Å²) in [6.07, 6.45) is 5.06. The van der Waals surface area contributed by atoms with Gasteiger partial charge in [-0.15, -0.1) is 0 Å². The minimum Gasteiger partial charge on any atom is -0.237 e. The van der Waals surface area contributed by atoms with Gasteiger partial charge < -0.3 is 0 Å². The van der Waals surface area contributed by atoms with Gasteiger partial charge in [-0.25, -0.2) is 9.78 Å². The summed E-state index contributed by atoms with van der Waals surface area (Å²) in [5.74, 6) is -0.665. The van der Waals surface area contributed by atoms with Gasteiger partial charge in [0, 0.05) is 12.8 Å². The largest absolute Gasteiger partial charge is 0.237 e. The molecule has 1 rings (SSSR count). The standard InChI is InChI=1S/C8H16O4/c1-9-11-8(12-10-2)6-4-3-5-7-8/h3-7H2,1-2H3. The van der Waals surface area contributed by atoms with Gasteiger partial charge in [-0.3, -0.25) is 0 Å². The van der Waals surface area contributed by atoms with Crippen LogP contribution in [0.5, 0.6) is 0 Å². The summed E-state index contributed by atoms with van der Waals surface area (Å²) in [5, 5.41) is 0. The first-order valence-electron chi connectivity index (χ1n) is 4.27. The molecule has 1 fully saturated rings. The molecule has 1 aliphatic rings. The van der Waals surface area contributed by atoms with E-state index in [9.17, 15) is 0 Å². The van der Waals surface area contributed by atoms with Gasteiger partial charge in [0.25, 0.3) is 0 Å². The van der Waals surface area contributed by atoms with Crippen LogP contribution in [-0.4, -0.2) is 20.0 Å². The van der Waals surface area contributed by atoms with Crippen LogP contribution in [0.25, 0.3) is 0 Å². The third kappa shape index (κ3) is 2.42. The van der Waals surface area contributed by atoms with E-state index in [0.29, 0.717) is 0 Å². The van der Waals surface area contributed by atoms with Crippen molar-refractivity contribution in [3.8, 4) is 0 Å². The SMILES string of the molecule is COOC1(OOC)CCCCC1. The van der Waals surface area contributed by atoms with Gasteiger partial charge in [0.1, 0.15) is 0 Å². The van der Waals surface area contributed by atoms with Crippen molar-refractivity contribution < 1.29 is 19.6 Å². The second-order valence-electron chi connectivity index (χ2n) is 2.97. The summed E-state index contributed by atoms with van der Waals surface area (Å²) >= 11 is 0. The van der Waals surface area contributed by atoms with E-state index in [1.807, 2.05) is 0 Å². The lowest BCUT2D eigenvalue weighted by Gasteiger charge is -2.32. The maximum atomic E-state index is 5.06. The van der Waals surface area contributed by atoms with Crippen molar-refractivity contribution in [2.24, 2.45) is 0 Å². The maximum absolute atomic E-state index is 5.06. The molecular weight excluding hydrogens is 160 g/mol. The fourth-order valence-corrected chi connectivity index (χ4v) is 1.57. The Bertz CT molecular complexity index is 105. The van der Waals surface area contributed by atoms with E-state index < -0.39 is 5.79 Å². The molecule has 0 heterocycles. The normalized spacial score (nSPS) is 22.5. The molecule has 12 heavy (non-hydrogen) atoms. The Morgan fingerprint density at radius 2 is 1.33 bits per heavy atom. The zero-order chi connectivity index (χ0) is 8.86. The smallest absolute Gasteiger partial charge is 0.233 e. The van der Waals surface area contributed by atoms with Crippen LogP contribution in [0.3, 0.4) is 0 Å². The highest BCUT2D eigenvalue weighted by molar-refractivity contribution is 4.72. The molecule has 0 aliphatic heterocycles. The Morgan fingerprint density at radius 1 is 0.833 bits per heavy atom. The van der Waals surface area contributed by atoms with Crippen LogP contribution in [0, 0.1) is 0 Å². The molecule has 1 aliphatic carbocycles. The van der Waals surface area contributed by atoms with Crippen LogP contribution in [-0.2, 0) is 19.6 Å². The second-order valence-corrected chi connectivity index (χ2v) is 2.97. The van der Waals surface area contributed by atoms with E-state index in [-0.39, 0.29) is 0 Å². The first-order valence-corrected chi connectivity index (χ1v) is 4.27. The Labute approximate surface area is 72.6 Å². The van der Waals surface area contributed by atoms with Gasteiger partial charge in [0.05, 0.1) is 14.2 Å². The van der Waals surface area contributed by atoms with Gasteiger partial charge in [0.2, 0.25) is 5.79 Å². The van der Waals surface area contributed by atoms with Crippen molar-refractivity contribution in [1.82, 2.24) is 0 Å². The fourth-order valence-electron chi connectivity index (χ4n) is 1.57. The summed E-state index contributed by atoms with van der Waals surface area (Å²) in [6, 6.07) is 0. The molecule has 0 bridgehead atoms. The van der Waals surface area contributed by atoms with Gasteiger partial charge in [-0.2, -0.15) is 9.78 Å². The third-order valence-corrected chi connectivity index (χ3v) is 2.09. The molecule has 0 unspecified atom stereocenters. The molecule has 0 N–H and O–H groups in total. The van der Waals surface area contributed by atoms with E-state index in [1.165, 1.54) is 20.6 Å². The molecule has 0 atom stereocenters. The van der Waals surface area contributed by atoms with Gasteiger partial charge in [0.15, 0.2) is 0 Å². The molecule has 0 saturated heterocycles. The Hall–Kier alpha value is -0.160. The second kappa shape index (κ2) is 4.77. The fraction of sp³-hybridized carbons (Fsp3) is 1.00. The van der Waals surface area contributed by atoms with Gasteiger partial charge in [-0.1, -0.05) is 6.42 Å². The molecular formula is C8H16O4. The summed E-state index contributed by atoms with van der Waals surface area (Å²) < 4.78 is 0. The average molecular weight is 176 g/mol. The lowest BCUT2D eigenvalue weighted by atomic mass is 9.94. The molecule has 0 amide bonds. The first-order chi connectivity index (χ1) is 5.83. The van der Waals surface area contributed by atoms with Crippen LogP contribution in [0.15, 0.2) is 0 Å². The minimum atomic E-state index is -0.665. The molecule has 0 radical (unpaired) electrons. The Kier molecular flexibility index (Phi) is 3.94. The highest BCUT2D eigenvalue weighted by Gasteiger charge is 2.36. The summed E-state index contributed by atoms with van der Waals surface area (Å²) in [4.78, 5) is 19.4. The molecule has 4 heteroatoms. The number of rotatable bonds is 4. The zero-order valence-corrected chi connectivity index (χ0v) is 7.67. The topological polar surface area (TPSA) is 36.9 Å². The van der Waals surface area contributed by atoms with Crippen LogP contribution in [0.4, 0.5) is 0 Å². The van der Waals surface area contributed by atoms with E-state index in [1.54, 1.807) is 0 Å². The average Bonchev–Trinajstić information content (AvgIpc) is 2.07. The van der Waals surface area contributed by atoms with E-state index in [4.69, 9.17) is 9.78 Å². The van der Waals surface area contributed by atoms with Crippen LogP contribution in [0.2, 0.25) is 0 Å². The first kappa shape index (κ1) is 9.92. The molecule has 0 aromatic carbocycles. The van der Waals surface area contributed by atoms with Gasteiger partial charge >= 0.3 is 0 Å². The lowest BCUT2D eigenvalue weighted by Crippen LogP contribution is -2.37. The van der Waals surface area contributed by atoms with Crippen LogP contribution < -0.4 is 0 Å².